The number of carbonyl (C=O) groups is 1. The number of hydrogen-bond donors (Lipinski definition) is 1. The fourth-order valence-electron chi connectivity index (χ4n) is 2.83. The van der Waals surface area contributed by atoms with Gasteiger partial charge in [0.15, 0.2) is 5.76 Å². The van der Waals surface area contributed by atoms with Crippen molar-refractivity contribution < 1.29 is 9.21 Å². The van der Waals surface area contributed by atoms with Crippen LogP contribution in [-0.2, 0) is 0 Å². The molecule has 1 aliphatic rings. The van der Waals surface area contributed by atoms with Crippen LogP contribution in [0.1, 0.15) is 10.6 Å². The van der Waals surface area contributed by atoms with E-state index >= 15 is 0 Å². The summed E-state index contributed by atoms with van der Waals surface area (Å²) in [6.07, 6.45) is 6.47. The lowest BCUT2D eigenvalue weighted by atomic mass is 10.3. The standard InChI is InChI=1S/C18H18N6O2/c25-17(15-4-3-11-26-15)22-14-12-20-18(21-13-14)24-9-7-23(8-10-24)16-5-1-2-6-19-16/h1-6,11-13H,7-10H2,(H,22,25). The largest absolute Gasteiger partial charge is 0.459 e. The van der Waals surface area contributed by atoms with E-state index in [9.17, 15) is 4.79 Å². The molecule has 1 aliphatic heterocycles. The Morgan fingerprint density at radius 3 is 2.38 bits per heavy atom. The van der Waals surface area contributed by atoms with E-state index in [0.29, 0.717) is 11.6 Å². The molecule has 1 saturated heterocycles. The predicted octanol–water partition coefficient (Wildman–Crippen LogP) is 2.04. The molecule has 4 heterocycles. The second-order valence-corrected chi connectivity index (χ2v) is 5.87. The van der Waals surface area contributed by atoms with Crippen LogP contribution < -0.4 is 15.1 Å². The summed E-state index contributed by atoms with van der Waals surface area (Å²) in [5.41, 5.74) is 0.530. The third-order valence-corrected chi connectivity index (χ3v) is 4.18. The van der Waals surface area contributed by atoms with E-state index < -0.39 is 0 Å². The molecule has 0 aromatic carbocycles. The minimum absolute atomic E-state index is 0.250. The van der Waals surface area contributed by atoms with Crippen molar-refractivity contribution in [3.05, 3.63) is 60.9 Å². The summed E-state index contributed by atoms with van der Waals surface area (Å²) in [7, 11) is 0. The molecule has 0 aliphatic carbocycles. The van der Waals surface area contributed by atoms with Crippen LogP contribution in [-0.4, -0.2) is 47.0 Å². The van der Waals surface area contributed by atoms with Gasteiger partial charge in [0.1, 0.15) is 5.82 Å². The molecule has 0 saturated carbocycles. The summed E-state index contributed by atoms with van der Waals surface area (Å²) < 4.78 is 5.06. The van der Waals surface area contributed by atoms with Crippen molar-refractivity contribution >= 4 is 23.4 Å². The summed E-state index contributed by atoms with van der Waals surface area (Å²) in [6, 6.07) is 9.20. The SMILES string of the molecule is O=C(Nc1cnc(N2CCN(c3ccccn3)CC2)nc1)c1ccco1. The zero-order chi connectivity index (χ0) is 17.8. The zero-order valence-electron chi connectivity index (χ0n) is 14.1. The summed E-state index contributed by atoms with van der Waals surface area (Å²) >= 11 is 0. The number of pyridine rings is 1. The van der Waals surface area contributed by atoms with Crippen molar-refractivity contribution in [2.75, 3.05) is 41.3 Å². The quantitative estimate of drug-likeness (QED) is 0.770. The van der Waals surface area contributed by atoms with Crippen LogP contribution in [0.5, 0.6) is 0 Å². The molecule has 1 fully saturated rings. The highest BCUT2D eigenvalue weighted by Crippen LogP contribution is 2.17. The predicted molar refractivity (Wildman–Crippen MR) is 97.4 cm³/mol. The lowest BCUT2D eigenvalue weighted by Crippen LogP contribution is -2.47. The maximum absolute atomic E-state index is 12.0. The van der Waals surface area contributed by atoms with Crippen LogP contribution in [0.3, 0.4) is 0 Å². The average molecular weight is 350 g/mol. The van der Waals surface area contributed by atoms with Crippen LogP contribution in [0.4, 0.5) is 17.5 Å². The summed E-state index contributed by atoms with van der Waals surface area (Å²) in [4.78, 5) is 29.4. The first kappa shape index (κ1) is 16.1. The van der Waals surface area contributed by atoms with Gasteiger partial charge in [0.05, 0.1) is 24.3 Å². The Bertz CT molecular complexity index is 843. The van der Waals surface area contributed by atoms with Gasteiger partial charge >= 0.3 is 0 Å². The highest BCUT2D eigenvalue weighted by atomic mass is 16.3. The Labute approximate surface area is 150 Å². The molecule has 1 amide bonds. The molecule has 0 atom stereocenters. The van der Waals surface area contributed by atoms with Crippen molar-refractivity contribution in [1.82, 2.24) is 15.0 Å². The van der Waals surface area contributed by atoms with Gasteiger partial charge in [0.25, 0.3) is 5.91 Å². The lowest BCUT2D eigenvalue weighted by Gasteiger charge is -2.35. The van der Waals surface area contributed by atoms with Crippen LogP contribution in [0.25, 0.3) is 0 Å². The van der Waals surface area contributed by atoms with Gasteiger partial charge in [-0.15, -0.1) is 0 Å². The van der Waals surface area contributed by atoms with Gasteiger partial charge in [0.2, 0.25) is 5.95 Å². The van der Waals surface area contributed by atoms with Gasteiger partial charge in [-0.05, 0) is 24.3 Å². The van der Waals surface area contributed by atoms with E-state index in [1.165, 1.54) is 6.26 Å². The Balaban J connectivity index is 1.35. The van der Waals surface area contributed by atoms with Gasteiger partial charge in [0, 0.05) is 32.4 Å². The van der Waals surface area contributed by atoms with E-state index in [4.69, 9.17) is 4.42 Å². The number of nitrogens with zero attached hydrogens (tertiary/aromatic N) is 5. The smallest absolute Gasteiger partial charge is 0.291 e. The first-order valence-corrected chi connectivity index (χ1v) is 8.37. The Morgan fingerprint density at radius 2 is 1.73 bits per heavy atom. The summed E-state index contributed by atoms with van der Waals surface area (Å²) in [5.74, 6) is 1.57. The fourth-order valence-corrected chi connectivity index (χ4v) is 2.83. The summed E-state index contributed by atoms with van der Waals surface area (Å²) in [5, 5.41) is 2.71. The number of carbonyl (C=O) groups excluding carboxylic acids is 1. The van der Waals surface area contributed by atoms with Crippen LogP contribution >= 0.6 is 0 Å². The van der Waals surface area contributed by atoms with Gasteiger partial charge in [-0.1, -0.05) is 6.07 Å². The number of amides is 1. The second-order valence-electron chi connectivity index (χ2n) is 5.87. The molecule has 0 unspecified atom stereocenters. The average Bonchev–Trinajstić information content (AvgIpc) is 3.25. The van der Waals surface area contributed by atoms with E-state index in [-0.39, 0.29) is 11.7 Å². The number of anilines is 3. The van der Waals surface area contributed by atoms with E-state index in [1.807, 2.05) is 18.2 Å². The molecule has 0 bridgehead atoms. The van der Waals surface area contributed by atoms with Crippen molar-refractivity contribution in [3.63, 3.8) is 0 Å². The van der Waals surface area contributed by atoms with Crippen molar-refractivity contribution in [2.24, 2.45) is 0 Å². The number of hydrogen-bond acceptors (Lipinski definition) is 7. The van der Waals surface area contributed by atoms with Gasteiger partial charge in [-0.3, -0.25) is 4.79 Å². The van der Waals surface area contributed by atoms with Crippen molar-refractivity contribution in [2.45, 2.75) is 0 Å². The van der Waals surface area contributed by atoms with Crippen molar-refractivity contribution in [3.8, 4) is 0 Å². The van der Waals surface area contributed by atoms with Crippen LogP contribution in [0.2, 0.25) is 0 Å². The molecule has 1 N–H and O–H groups in total. The third-order valence-electron chi connectivity index (χ3n) is 4.18. The fraction of sp³-hybridized carbons (Fsp3) is 0.222. The highest BCUT2D eigenvalue weighted by Gasteiger charge is 2.20. The van der Waals surface area contributed by atoms with E-state index in [0.717, 1.165) is 32.0 Å². The van der Waals surface area contributed by atoms with Crippen LogP contribution in [0.15, 0.2) is 59.6 Å². The maximum Gasteiger partial charge on any atom is 0.291 e. The van der Waals surface area contributed by atoms with Crippen LogP contribution in [0, 0.1) is 0 Å². The number of aromatic nitrogens is 3. The molecule has 8 heteroatoms. The number of furan rings is 1. The molecule has 26 heavy (non-hydrogen) atoms. The Kier molecular flexibility index (Phi) is 4.46. The monoisotopic (exact) mass is 350 g/mol. The first-order valence-electron chi connectivity index (χ1n) is 8.37. The molecule has 132 valence electrons. The molecular weight excluding hydrogens is 332 g/mol. The molecule has 3 aromatic rings. The topological polar surface area (TPSA) is 87.4 Å². The lowest BCUT2D eigenvalue weighted by molar-refractivity contribution is 0.0996. The maximum atomic E-state index is 12.0. The van der Waals surface area contributed by atoms with E-state index in [1.54, 1.807) is 30.7 Å². The summed E-state index contributed by atoms with van der Waals surface area (Å²) in [6.45, 7) is 3.35. The first-order chi connectivity index (χ1) is 12.8. The minimum Gasteiger partial charge on any atom is -0.459 e. The molecular formula is C18H18N6O2. The number of rotatable bonds is 4. The van der Waals surface area contributed by atoms with Crippen molar-refractivity contribution in [1.29, 1.82) is 0 Å². The van der Waals surface area contributed by atoms with E-state index in [2.05, 4.69) is 30.1 Å². The van der Waals surface area contributed by atoms with Gasteiger partial charge in [-0.25, -0.2) is 15.0 Å². The third kappa shape index (κ3) is 3.49. The number of piperazine rings is 1. The normalized spacial score (nSPS) is 14.3. The highest BCUT2D eigenvalue weighted by molar-refractivity contribution is 6.02. The molecule has 0 radical (unpaired) electrons. The Morgan fingerprint density at radius 1 is 0.962 bits per heavy atom. The zero-order valence-corrected chi connectivity index (χ0v) is 14.1. The minimum atomic E-state index is -0.324. The second kappa shape index (κ2) is 7.22. The van der Waals surface area contributed by atoms with Gasteiger partial charge < -0.3 is 19.5 Å². The van der Waals surface area contributed by atoms with Gasteiger partial charge in [-0.2, -0.15) is 0 Å². The molecule has 8 nitrogen and oxygen atoms in total. The number of nitrogens with one attached hydrogen (secondary N) is 1. The Hall–Kier alpha value is -3.42. The molecule has 4 rings (SSSR count). The molecule has 3 aromatic heterocycles. The molecule has 0 spiro atoms.